The first-order valence-electron chi connectivity index (χ1n) is 7.42. The van der Waals surface area contributed by atoms with E-state index in [0.717, 1.165) is 5.56 Å². The van der Waals surface area contributed by atoms with Gasteiger partial charge in [0, 0.05) is 12.5 Å². The quantitative estimate of drug-likeness (QED) is 0.472. The minimum atomic E-state index is -0.598. The molecule has 0 fully saturated rings. The Kier molecular flexibility index (Phi) is 6.68. The number of hydrogen-bond donors (Lipinski definition) is 1. The lowest BCUT2D eigenvalue weighted by atomic mass is 10.1. The molecule has 7 heteroatoms. The Hall–Kier alpha value is -2.44. The van der Waals surface area contributed by atoms with Gasteiger partial charge in [0.25, 0.3) is 11.6 Å². The van der Waals surface area contributed by atoms with Crippen LogP contribution < -0.4 is 5.32 Å². The van der Waals surface area contributed by atoms with Crippen molar-refractivity contribution in [1.82, 2.24) is 0 Å². The molecular weight excluding hydrogens is 300 g/mol. The Bertz CT molecular complexity index is 611. The van der Waals surface area contributed by atoms with Crippen LogP contribution in [0.3, 0.4) is 0 Å². The number of nitro groups is 1. The molecule has 0 unspecified atom stereocenters. The third-order valence-electron chi connectivity index (χ3n) is 3.47. The summed E-state index contributed by atoms with van der Waals surface area (Å²) in [6.45, 7) is 6.99. The van der Waals surface area contributed by atoms with Crippen molar-refractivity contribution >= 4 is 23.3 Å². The van der Waals surface area contributed by atoms with E-state index < -0.39 is 23.4 Å². The molecule has 1 rings (SSSR count). The van der Waals surface area contributed by atoms with Crippen molar-refractivity contribution in [3.63, 3.8) is 0 Å². The molecule has 0 radical (unpaired) electrons. The second-order valence-corrected chi connectivity index (χ2v) is 5.80. The lowest BCUT2D eigenvalue weighted by Crippen LogP contribution is -2.22. The molecule has 1 amide bonds. The number of hydrogen-bond acceptors (Lipinski definition) is 5. The number of anilines is 1. The second-order valence-electron chi connectivity index (χ2n) is 5.80. The molecule has 7 nitrogen and oxygen atoms in total. The van der Waals surface area contributed by atoms with E-state index in [1.165, 1.54) is 6.07 Å². The summed E-state index contributed by atoms with van der Waals surface area (Å²) in [5.74, 6) is -0.682. The van der Waals surface area contributed by atoms with Crippen LogP contribution in [0, 0.1) is 29.9 Å². The number of esters is 1. The van der Waals surface area contributed by atoms with Crippen molar-refractivity contribution in [2.75, 3.05) is 11.9 Å². The molecule has 0 aliphatic rings. The van der Waals surface area contributed by atoms with Crippen LogP contribution in [0.25, 0.3) is 0 Å². The summed E-state index contributed by atoms with van der Waals surface area (Å²) in [4.78, 5) is 33.9. The van der Waals surface area contributed by atoms with Crippen molar-refractivity contribution in [2.45, 2.75) is 40.5 Å². The number of benzene rings is 1. The van der Waals surface area contributed by atoms with Crippen LogP contribution in [0.2, 0.25) is 0 Å². The Balaban J connectivity index is 2.69. The minimum Gasteiger partial charge on any atom is -0.456 e. The molecule has 1 aromatic carbocycles. The van der Waals surface area contributed by atoms with Gasteiger partial charge in [-0.05, 0) is 37.3 Å². The monoisotopic (exact) mass is 322 g/mol. The largest absolute Gasteiger partial charge is 0.456 e. The van der Waals surface area contributed by atoms with Crippen molar-refractivity contribution in [3.8, 4) is 0 Å². The first kappa shape index (κ1) is 18.6. The normalized spacial score (nSPS) is 10.5. The van der Waals surface area contributed by atoms with Gasteiger partial charge in [0.05, 0.1) is 4.92 Å². The summed E-state index contributed by atoms with van der Waals surface area (Å²) in [5.41, 5.74) is 1.38. The minimum absolute atomic E-state index is 0.137. The van der Waals surface area contributed by atoms with E-state index in [-0.39, 0.29) is 17.8 Å². The van der Waals surface area contributed by atoms with Crippen LogP contribution >= 0.6 is 0 Å². The average Bonchev–Trinajstić information content (AvgIpc) is 2.47. The van der Waals surface area contributed by atoms with Crippen LogP contribution in [-0.2, 0) is 14.3 Å². The fraction of sp³-hybridized carbons (Fsp3) is 0.500. The third-order valence-corrected chi connectivity index (χ3v) is 3.47. The fourth-order valence-corrected chi connectivity index (χ4v) is 1.91. The van der Waals surface area contributed by atoms with Gasteiger partial charge in [0.1, 0.15) is 5.69 Å². The summed E-state index contributed by atoms with van der Waals surface area (Å²) >= 11 is 0. The molecule has 0 aliphatic carbocycles. The molecule has 0 saturated carbocycles. The van der Waals surface area contributed by atoms with E-state index in [0.29, 0.717) is 17.9 Å². The molecule has 0 aromatic heterocycles. The van der Waals surface area contributed by atoms with Gasteiger partial charge in [-0.25, -0.2) is 0 Å². The SMILES string of the molecule is Cc1ccc([N+](=O)[O-])c(NC(=O)COC(=O)CCC(C)C)c1C. The lowest BCUT2D eigenvalue weighted by Gasteiger charge is -2.11. The summed E-state index contributed by atoms with van der Waals surface area (Å²) in [6.07, 6.45) is 0.928. The molecule has 126 valence electrons. The van der Waals surface area contributed by atoms with Crippen molar-refractivity contribution in [2.24, 2.45) is 5.92 Å². The van der Waals surface area contributed by atoms with Gasteiger partial charge >= 0.3 is 5.97 Å². The van der Waals surface area contributed by atoms with Gasteiger partial charge < -0.3 is 10.1 Å². The first-order chi connectivity index (χ1) is 10.7. The summed E-state index contributed by atoms with van der Waals surface area (Å²) in [7, 11) is 0. The number of carbonyl (C=O) groups is 2. The molecule has 0 aliphatic heterocycles. The van der Waals surface area contributed by atoms with Gasteiger partial charge in [-0.15, -0.1) is 0 Å². The maximum Gasteiger partial charge on any atom is 0.306 e. The van der Waals surface area contributed by atoms with Crippen LogP contribution in [-0.4, -0.2) is 23.4 Å². The molecular formula is C16H22N2O5. The van der Waals surface area contributed by atoms with Crippen LogP contribution in [0.4, 0.5) is 11.4 Å². The average molecular weight is 322 g/mol. The number of carbonyl (C=O) groups excluding carboxylic acids is 2. The number of ether oxygens (including phenoxy) is 1. The van der Waals surface area contributed by atoms with Crippen molar-refractivity contribution in [3.05, 3.63) is 33.4 Å². The van der Waals surface area contributed by atoms with Crippen LogP contribution in [0.1, 0.15) is 37.8 Å². The highest BCUT2D eigenvalue weighted by Crippen LogP contribution is 2.30. The number of rotatable bonds is 7. The Morgan fingerprint density at radius 3 is 2.52 bits per heavy atom. The number of aryl methyl sites for hydroxylation is 1. The van der Waals surface area contributed by atoms with Gasteiger partial charge in [-0.1, -0.05) is 19.9 Å². The van der Waals surface area contributed by atoms with E-state index in [9.17, 15) is 19.7 Å². The topological polar surface area (TPSA) is 98.5 Å². The highest BCUT2D eigenvalue weighted by Gasteiger charge is 2.20. The van der Waals surface area contributed by atoms with Gasteiger partial charge in [0.2, 0.25) is 0 Å². The second kappa shape index (κ2) is 8.26. The molecule has 1 aromatic rings. The molecule has 0 atom stereocenters. The molecule has 0 spiro atoms. The molecule has 0 heterocycles. The maximum absolute atomic E-state index is 11.9. The zero-order chi connectivity index (χ0) is 17.6. The van der Waals surface area contributed by atoms with E-state index in [1.807, 2.05) is 13.8 Å². The van der Waals surface area contributed by atoms with Gasteiger partial charge in [0.15, 0.2) is 6.61 Å². The number of nitro benzene ring substituents is 1. The molecule has 0 bridgehead atoms. The van der Waals surface area contributed by atoms with Gasteiger partial charge in [-0.3, -0.25) is 19.7 Å². The Morgan fingerprint density at radius 2 is 1.96 bits per heavy atom. The van der Waals surface area contributed by atoms with Crippen molar-refractivity contribution in [1.29, 1.82) is 0 Å². The molecule has 0 saturated heterocycles. The van der Waals surface area contributed by atoms with E-state index in [1.54, 1.807) is 19.9 Å². The highest BCUT2D eigenvalue weighted by atomic mass is 16.6. The van der Waals surface area contributed by atoms with E-state index >= 15 is 0 Å². The summed E-state index contributed by atoms with van der Waals surface area (Å²) in [6, 6.07) is 2.96. The maximum atomic E-state index is 11.9. The third kappa shape index (κ3) is 5.69. The predicted molar refractivity (Wildman–Crippen MR) is 86.2 cm³/mol. The molecule has 23 heavy (non-hydrogen) atoms. The fourth-order valence-electron chi connectivity index (χ4n) is 1.91. The Morgan fingerprint density at radius 1 is 1.30 bits per heavy atom. The van der Waals surface area contributed by atoms with Crippen LogP contribution in [0.5, 0.6) is 0 Å². The Labute approximate surface area is 135 Å². The zero-order valence-corrected chi connectivity index (χ0v) is 13.8. The van der Waals surface area contributed by atoms with Crippen molar-refractivity contribution < 1.29 is 19.2 Å². The smallest absolute Gasteiger partial charge is 0.306 e. The number of nitrogens with zero attached hydrogens (tertiary/aromatic N) is 1. The van der Waals surface area contributed by atoms with E-state index in [2.05, 4.69) is 5.32 Å². The zero-order valence-electron chi connectivity index (χ0n) is 13.8. The standard InChI is InChI=1S/C16H22N2O5/c1-10(2)5-8-15(20)23-9-14(19)17-16-12(4)11(3)6-7-13(16)18(21)22/h6-7,10H,5,8-9H2,1-4H3,(H,17,19). The summed E-state index contributed by atoms with van der Waals surface area (Å²) in [5, 5.41) is 13.5. The molecule has 1 N–H and O–H groups in total. The highest BCUT2D eigenvalue weighted by molar-refractivity contribution is 5.96. The number of nitrogens with one attached hydrogen (secondary N) is 1. The van der Waals surface area contributed by atoms with E-state index in [4.69, 9.17) is 4.74 Å². The first-order valence-corrected chi connectivity index (χ1v) is 7.42. The number of amides is 1. The lowest BCUT2D eigenvalue weighted by molar-refractivity contribution is -0.384. The summed E-state index contributed by atoms with van der Waals surface area (Å²) < 4.78 is 4.88. The van der Waals surface area contributed by atoms with Gasteiger partial charge in [-0.2, -0.15) is 0 Å². The van der Waals surface area contributed by atoms with Crippen LogP contribution in [0.15, 0.2) is 12.1 Å². The predicted octanol–water partition coefficient (Wildman–Crippen LogP) is 3.13.